The summed E-state index contributed by atoms with van der Waals surface area (Å²) in [5, 5.41) is 5.00. The van der Waals surface area contributed by atoms with E-state index in [1.807, 2.05) is 12.3 Å². The molecule has 4 atom stereocenters. The number of fused-ring (bicyclic) bond motifs is 3. The Bertz CT molecular complexity index is 704. The van der Waals surface area contributed by atoms with Gasteiger partial charge in [0.15, 0.2) is 0 Å². The van der Waals surface area contributed by atoms with E-state index in [2.05, 4.69) is 54.5 Å². The van der Waals surface area contributed by atoms with Gasteiger partial charge in [0.05, 0.1) is 5.52 Å². The molecule has 2 aliphatic carbocycles. The third-order valence-electron chi connectivity index (χ3n) is 5.33. The van der Waals surface area contributed by atoms with Gasteiger partial charge >= 0.3 is 0 Å². The monoisotopic (exact) mass is 278 g/mol. The van der Waals surface area contributed by atoms with Crippen LogP contribution in [0.5, 0.6) is 0 Å². The van der Waals surface area contributed by atoms with Crippen LogP contribution in [0.3, 0.4) is 0 Å². The number of anilines is 1. The van der Waals surface area contributed by atoms with Gasteiger partial charge in [-0.2, -0.15) is 0 Å². The molecule has 1 N–H and O–H groups in total. The highest BCUT2D eigenvalue weighted by atomic mass is 14.9. The number of benzene rings is 1. The predicted molar refractivity (Wildman–Crippen MR) is 88.4 cm³/mol. The molecule has 0 amide bonds. The van der Waals surface area contributed by atoms with Gasteiger partial charge in [-0.05, 0) is 68.2 Å². The molecule has 0 radical (unpaired) electrons. The number of nitrogens with zero attached hydrogens (tertiary/aromatic N) is 1. The minimum atomic E-state index is 0.510. The van der Waals surface area contributed by atoms with Crippen molar-refractivity contribution in [3.63, 3.8) is 0 Å². The lowest BCUT2D eigenvalue weighted by Crippen LogP contribution is -2.28. The first-order chi connectivity index (χ1) is 10.2. The Balaban J connectivity index is 1.63. The van der Waals surface area contributed by atoms with Gasteiger partial charge in [-0.1, -0.05) is 18.2 Å². The van der Waals surface area contributed by atoms with E-state index in [-0.39, 0.29) is 0 Å². The topological polar surface area (TPSA) is 24.9 Å². The zero-order chi connectivity index (χ0) is 14.4. The maximum atomic E-state index is 4.53. The summed E-state index contributed by atoms with van der Waals surface area (Å²) in [5.41, 5.74) is 3.58. The molecule has 108 valence electrons. The molecule has 1 fully saturated rings. The van der Waals surface area contributed by atoms with Crippen LogP contribution in [-0.4, -0.2) is 11.0 Å². The van der Waals surface area contributed by atoms with Crippen LogP contribution in [0.2, 0.25) is 0 Å². The minimum Gasteiger partial charge on any atom is -0.382 e. The number of aryl methyl sites for hydroxylation is 1. The molecule has 1 aromatic carbocycles. The molecule has 4 rings (SSSR count). The van der Waals surface area contributed by atoms with Crippen LogP contribution in [-0.2, 0) is 0 Å². The van der Waals surface area contributed by atoms with E-state index in [9.17, 15) is 0 Å². The fraction of sp³-hybridized carbons (Fsp3) is 0.421. The largest absolute Gasteiger partial charge is 0.382 e. The van der Waals surface area contributed by atoms with Crippen molar-refractivity contribution in [2.75, 3.05) is 5.32 Å². The number of hydrogen-bond acceptors (Lipinski definition) is 2. The Labute approximate surface area is 126 Å². The summed E-state index contributed by atoms with van der Waals surface area (Å²) in [6.45, 7) is 4.46. The highest BCUT2D eigenvalue weighted by molar-refractivity contribution is 5.93. The molecular weight excluding hydrogens is 256 g/mol. The van der Waals surface area contributed by atoms with Crippen molar-refractivity contribution in [2.45, 2.75) is 32.7 Å². The Kier molecular flexibility index (Phi) is 2.99. The van der Waals surface area contributed by atoms with Gasteiger partial charge in [-0.15, -0.1) is 0 Å². The zero-order valence-electron chi connectivity index (χ0n) is 12.7. The summed E-state index contributed by atoms with van der Waals surface area (Å²) in [6.07, 6.45) is 9.44. The van der Waals surface area contributed by atoms with Crippen LogP contribution in [0.4, 0.5) is 5.69 Å². The van der Waals surface area contributed by atoms with Crippen LogP contribution < -0.4 is 5.32 Å². The first-order valence-electron chi connectivity index (χ1n) is 8.01. The molecule has 1 aromatic heterocycles. The second-order valence-electron chi connectivity index (χ2n) is 6.71. The fourth-order valence-corrected chi connectivity index (χ4v) is 4.19. The van der Waals surface area contributed by atoms with Crippen molar-refractivity contribution in [1.29, 1.82) is 0 Å². The first kappa shape index (κ1) is 12.9. The molecule has 4 unspecified atom stereocenters. The molecule has 2 aliphatic rings. The summed E-state index contributed by atoms with van der Waals surface area (Å²) in [5.74, 6) is 2.39. The number of allylic oxidation sites excluding steroid dienone is 2. The van der Waals surface area contributed by atoms with Crippen LogP contribution in [0.15, 0.2) is 42.6 Å². The van der Waals surface area contributed by atoms with Gasteiger partial charge < -0.3 is 5.32 Å². The molecule has 0 spiro atoms. The van der Waals surface area contributed by atoms with Gasteiger partial charge in [0.2, 0.25) is 0 Å². The predicted octanol–water partition coefficient (Wildman–Crippen LogP) is 4.56. The number of nitrogens with one attached hydrogen (secondary N) is 1. The third-order valence-corrected chi connectivity index (χ3v) is 5.33. The van der Waals surface area contributed by atoms with Crippen molar-refractivity contribution in [3.05, 3.63) is 48.2 Å². The number of rotatable bonds is 3. The van der Waals surface area contributed by atoms with Crippen molar-refractivity contribution in [1.82, 2.24) is 4.98 Å². The molecule has 0 aliphatic heterocycles. The van der Waals surface area contributed by atoms with E-state index in [1.54, 1.807) is 0 Å². The number of hydrogen-bond donors (Lipinski definition) is 1. The number of aromatic nitrogens is 1. The summed E-state index contributed by atoms with van der Waals surface area (Å²) >= 11 is 0. The smallest absolute Gasteiger partial charge is 0.0751 e. The third kappa shape index (κ3) is 2.14. The fourth-order valence-electron chi connectivity index (χ4n) is 4.19. The lowest BCUT2D eigenvalue weighted by Gasteiger charge is -2.27. The average Bonchev–Trinajstić information content (AvgIpc) is 3.13. The zero-order valence-corrected chi connectivity index (χ0v) is 12.7. The molecule has 2 bridgehead atoms. The van der Waals surface area contributed by atoms with E-state index >= 15 is 0 Å². The van der Waals surface area contributed by atoms with Crippen molar-refractivity contribution < 1.29 is 0 Å². The van der Waals surface area contributed by atoms with E-state index in [4.69, 9.17) is 0 Å². The molecule has 1 saturated carbocycles. The van der Waals surface area contributed by atoms with Crippen LogP contribution >= 0.6 is 0 Å². The summed E-state index contributed by atoms with van der Waals surface area (Å²) in [6, 6.07) is 9.09. The maximum absolute atomic E-state index is 4.53. The van der Waals surface area contributed by atoms with Crippen LogP contribution in [0, 0.1) is 24.7 Å². The summed E-state index contributed by atoms with van der Waals surface area (Å²) in [4.78, 5) is 4.53. The summed E-state index contributed by atoms with van der Waals surface area (Å²) < 4.78 is 0. The van der Waals surface area contributed by atoms with Crippen molar-refractivity contribution in [3.8, 4) is 0 Å². The molecule has 2 heteroatoms. The molecule has 0 saturated heterocycles. The highest BCUT2D eigenvalue weighted by Gasteiger charge is 2.38. The standard InChI is InChI=1S/C19H22N2/c1-12-5-8-18(16-4-3-9-20-19(12)16)21-13(2)17-11-14-6-7-15(17)10-14/h3-9,13-15,17,21H,10-11H2,1-2H3. The van der Waals surface area contributed by atoms with Gasteiger partial charge in [0.25, 0.3) is 0 Å². The Hall–Kier alpha value is -1.83. The molecule has 2 aromatic rings. The van der Waals surface area contributed by atoms with E-state index < -0.39 is 0 Å². The highest BCUT2D eigenvalue weighted by Crippen LogP contribution is 2.45. The Morgan fingerprint density at radius 1 is 1.19 bits per heavy atom. The van der Waals surface area contributed by atoms with Crippen molar-refractivity contribution >= 4 is 16.6 Å². The first-order valence-corrected chi connectivity index (χ1v) is 8.01. The Morgan fingerprint density at radius 3 is 2.86 bits per heavy atom. The quantitative estimate of drug-likeness (QED) is 0.833. The van der Waals surface area contributed by atoms with E-state index in [0.29, 0.717) is 6.04 Å². The van der Waals surface area contributed by atoms with E-state index in [1.165, 1.54) is 29.5 Å². The normalized spacial score (nSPS) is 28.2. The van der Waals surface area contributed by atoms with Crippen LogP contribution in [0.25, 0.3) is 10.9 Å². The molecule has 2 nitrogen and oxygen atoms in total. The van der Waals surface area contributed by atoms with Crippen LogP contribution in [0.1, 0.15) is 25.3 Å². The second kappa shape index (κ2) is 4.87. The van der Waals surface area contributed by atoms with Crippen molar-refractivity contribution in [2.24, 2.45) is 17.8 Å². The average molecular weight is 278 g/mol. The number of pyridine rings is 1. The SMILES string of the molecule is Cc1ccc(NC(C)C2CC3C=CC2C3)c2cccnc12. The summed E-state index contributed by atoms with van der Waals surface area (Å²) in [7, 11) is 0. The van der Waals surface area contributed by atoms with E-state index in [0.717, 1.165) is 23.3 Å². The lowest BCUT2D eigenvalue weighted by atomic mass is 9.87. The maximum Gasteiger partial charge on any atom is 0.0751 e. The molecule has 21 heavy (non-hydrogen) atoms. The van der Waals surface area contributed by atoms with Gasteiger partial charge in [0.1, 0.15) is 0 Å². The van der Waals surface area contributed by atoms with Gasteiger partial charge in [-0.3, -0.25) is 4.98 Å². The molecule has 1 heterocycles. The second-order valence-corrected chi connectivity index (χ2v) is 6.71. The van der Waals surface area contributed by atoms with Gasteiger partial charge in [-0.25, -0.2) is 0 Å². The Morgan fingerprint density at radius 2 is 2.10 bits per heavy atom. The molecular formula is C19H22N2. The lowest BCUT2D eigenvalue weighted by molar-refractivity contribution is 0.400. The minimum absolute atomic E-state index is 0.510. The van der Waals surface area contributed by atoms with Gasteiger partial charge in [0, 0.05) is 23.3 Å².